The van der Waals surface area contributed by atoms with Crippen LogP contribution in [0.2, 0.25) is 0 Å². The zero-order valence-corrected chi connectivity index (χ0v) is 63.0. The highest BCUT2D eigenvalue weighted by molar-refractivity contribution is 6.13. The number of anilines is 2. The van der Waals surface area contributed by atoms with Crippen molar-refractivity contribution in [3.05, 3.63) is 120 Å². The number of piperazine rings is 1. The molecule has 8 amide bonds. The van der Waals surface area contributed by atoms with Crippen molar-refractivity contribution in [2.45, 2.75) is 70.0 Å². The van der Waals surface area contributed by atoms with E-state index in [2.05, 4.69) is 62.4 Å². The normalized spacial score (nSPS) is 16.7. The van der Waals surface area contributed by atoms with Crippen molar-refractivity contribution < 1.29 is 95.2 Å². The Kier molecular flexibility index (Phi) is 32.6. The number of rotatable bonds is 48. The molecule has 1 saturated heterocycles. The van der Waals surface area contributed by atoms with Gasteiger partial charge in [0.15, 0.2) is 23.0 Å². The molecule has 0 radical (unpaired) electrons. The second-order valence-electron chi connectivity index (χ2n) is 26.5. The van der Waals surface area contributed by atoms with Crippen LogP contribution in [0.4, 0.5) is 22.7 Å². The number of nitrogens with zero attached hydrogens (tertiary/aromatic N) is 7. The number of methoxy groups -OCH3 is 2. The summed E-state index contributed by atoms with van der Waals surface area (Å²) in [4.78, 5) is 120. The minimum absolute atomic E-state index is 0.0250. The smallest absolute Gasteiger partial charge is 0.260 e. The molecule has 4 N–H and O–H groups in total. The molecule has 3 atom stereocenters. The number of ether oxygens (including phenoxy) is 12. The predicted molar refractivity (Wildman–Crippen MR) is 409 cm³/mol. The van der Waals surface area contributed by atoms with Crippen molar-refractivity contribution in [1.82, 2.24) is 35.6 Å². The van der Waals surface area contributed by atoms with Gasteiger partial charge in [-0.3, -0.25) is 53.2 Å². The Bertz CT molecular complexity index is 3920. The van der Waals surface area contributed by atoms with E-state index in [0.29, 0.717) is 183 Å². The van der Waals surface area contributed by atoms with Crippen LogP contribution in [0.1, 0.15) is 83.7 Å². The van der Waals surface area contributed by atoms with Gasteiger partial charge in [-0.25, -0.2) is 0 Å². The maximum absolute atomic E-state index is 14.1. The summed E-state index contributed by atoms with van der Waals surface area (Å²) in [5.41, 5.74) is 7.47. The Morgan fingerprint density at radius 1 is 0.500 bits per heavy atom. The van der Waals surface area contributed by atoms with Crippen molar-refractivity contribution in [2.24, 2.45) is 9.98 Å². The highest BCUT2D eigenvalue weighted by Gasteiger charge is 2.36. The van der Waals surface area contributed by atoms with E-state index in [1.54, 1.807) is 66.4 Å². The molecule has 10 rings (SSSR count). The van der Waals surface area contributed by atoms with Crippen LogP contribution in [-0.4, -0.2) is 283 Å². The van der Waals surface area contributed by atoms with E-state index >= 15 is 0 Å². The molecule has 0 aliphatic carbocycles. The van der Waals surface area contributed by atoms with Crippen molar-refractivity contribution in [3.8, 4) is 23.0 Å². The molecule has 1 fully saturated rings. The average molecular weight is 1520 g/mol. The van der Waals surface area contributed by atoms with Gasteiger partial charge in [0.2, 0.25) is 23.6 Å². The molecule has 6 aliphatic heterocycles. The number of carbonyl (C=O) groups excluding carboxylic acids is 8. The molecule has 110 heavy (non-hydrogen) atoms. The summed E-state index contributed by atoms with van der Waals surface area (Å²) in [7, 11) is 5.24. The van der Waals surface area contributed by atoms with Crippen molar-refractivity contribution in [1.29, 1.82) is 0 Å². The molecule has 31 nitrogen and oxygen atoms in total. The first-order valence-corrected chi connectivity index (χ1v) is 37.4. The lowest BCUT2D eigenvalue weighted by Crippen LogP contribution is -2.46. The monoisotopic (exact) mass is 1520 g/mol. The molecule has 0 aromatic heterocycles. The van der Waals surface area contributed by atoms with Crippen LogP contribution in [0.25, 0.3) is 11.1 Å². The number of hydrogen-bond acceptors (Lipinski definition) is 24. The van der Waals surface area contributed by atoms with Crippen LogP contribution in [0.15, 0.2) is 107 Å². The first kappa shape index (κ1) is 82.5. The number of likely N-dealkylation sites (N-methyl/N-ethyl adjacent to an activating group) is 1. The van der Waals surface area contributed by atoms with Gasteiger partial charge in [-0.2, -0.15) is 0 Å². The predicted octanol–water partition coefficient (Wildman–Crippen LogP) is 5.54. The summed E-state index contributed by atoms with van der Waals surface area (Å²) in [5, 5.41) is 10.6. The standard InChI is InChI=1S/C79H101N11O20/c1-55(84-74(93)52-83-73(92)19-28-101-30-32-103-34-36-105-38-40-107-42-43-108-41-39-106-37-35-104-33-31-102-29-20-80-72(91)18-21-88-75(94)16-17-76(88)95)77(96)85-60-12-8-56(9-13-60)58-44-62-50-81-66-48-70(68(99-3)46-64(66)78(97)89(62)53-58)109-26-6-5-7-27-110-71-49-67-65(47-69(71)100-4)79(98)90-54-59(45-63(90)51-82-67)57-10-14-61(15-11-57)87-24-22-86(2)23-25-87/h8-17,46-51,53-55,62-63H,5-7,18-45,52H2,1-4H3,(H,80,91)(H,83,92)(H,84,93)(H,85,96)/t55-,62-,63?/m0/s1. The minimum atomic E-state index is -0.912. The zero-order chi connectivity index (χ0) is 77.4. The summed E-state index contributed by atoms with van der Waals surface area (Å²) in [6, 6.07) is 21.3. The van der Waals surface area contributed by atoms with Gasteiger partial charge in [0.05, 0.1) is 174 Å². The Balaban J connectivity index is 0.518. The van der Waals surface area contributed by atoms with E-state index < -0.39 is 35.6 Å². The summed E-state index contributed by atoms with van der Waals surface area (Å²) < 4.78 is 67.8. The van der Waals surface area contributed by atoms with Gasteiger partial charge in [-0.05, 0) is 91.9 Å². The van der Waals surface area contributed by atoms with Crippen LogP contribution in [-0.2, 0) is 66.7 Å². The van der Waals surface area contributed by atoms with Gasteiger partial charge in [-0.1, -0.05) is 24.3 Å². The van der Waals surface area contributed by atoms with Gasteiger partial charge in [0, 0.05) is 125 Å². The molecular formula is C79H101N11O20. The van der Waals surface area contributed by atoms with Crippen LogP contribution in [0.5, 0.6) is 23.0 Å². The number of unbranched alkanes of at least 4 members (excludes halogenated alkanes) is 2. The third-order valence-electron chi connectivity index (χ3n) is 18.7. The fourth-order valence-electron chi connectivity index (χ4n) is 12.5. The number of fused-ring (bicyclic) bond motifs is 4. The number of benzene rings is 4. The lowest BCUT2D eigenvalue weighted by Gasteiger charge is -2.34. The quantitative estimate of drug-likeness (QED) is 0.0311. The van der Waals surface area contributed by atoms with Crippen molar-refractivity contribution in [2.75, 3.05) is 196 Å². The minimum Gasteiger partial charge on any atom is -0.493 e. The lowest BCUT2D eigenvalue weighted by atomic mass is 10.0. The summed E-state index contributed by atoms with van der Waals surface area (Å²) in [5.74, 6) is -1.03. The zero-order valence-electron chi connectivity index (χ0n) is 63.0. The summed E-state index contributed by atoms with van der Waals surface area (Å²) >= 11 is 0. The third-order valence-corrected chi connectivity index (χ3v) is 18.7. The largest absolute Gasteiger partial charge is 0.493 e. The maximum atomic E-state index is 14.1. The molecule has 592 valence electrons. The Labute approximate surface area is 640 Å². The van der Waals surface area contributed by atoms with Crippen molar-refractivity contribution in [3.63, 3.8) is 0 Å². The second-order valence-corrected chi connectivity index (χ2v) is 26.5. The first-order chi connectivity index (χ1) is 53.6. The Hall–Kier alpha value is -9.96. The van der Waals surface area contributed by atoms with Gasteiger partial charge in [0.1, 0.15) is 6.04 Å². The number of aliphatic imine (C=N–C) groups is 2. The molecule has 4 aromatic carbocycles. The molecule has 6 aliphatic rings. The van der Waals surface area contributed by atoms with Gasteiger partial charge in [-0.15, -0.1) is 0 Å². The molecule has 1 unspecified atom stereocenters. The molecule has 0 spiro atoms. The topological polar surface area (TPSA) is 336 Å². The van der Waals surface area contributed by atoms with Gasteiger partial charge < -0.3 is 97.7 Å². The summed E-state index contributed by atoms with van der Waals surface area (Å²) in [6.45, 7) is 12.1. The van der Waals surface area contributed by atoms with E-state index in [0.717, 1.165) is 66.2 Å². The fraction of sp³-hybridized carbons (Fsp3) is 0.494. The molecule has 4 aromatic rings. The highest BCUT2D eigenvalue weighted by atomic mass is 16.6. The third kappa shape index (κ3) is 24.8. The Morgan fingerprint density at radius 2 is 0.945 bits per heavy atom. The van der Waals surface area contributed by atoms with Gasteiger partial charge in [0.25, 0.3) is 23.6 Å². The summed E-state index contributed by atoms with van der Waals surface area (Å²) in [6.07, 6.45) is 13.2. The number of amides is 8. The molecule has 0 saturated carbocycles. The van der Waals surface area contributed by atoms with E-state index in [-0.39, 0.29) is 69.0 Å². The van der Waals surface area contributed by atoms with Crippen molar-refractivity contribution >= 4 is 93.6 Å². The SMILES string of the molecule is COc1cc2c(cc1OCCCCCOc1cc3c(cc1OC)C(=O)N1C=C(c4ccc(NC(=O)[C@H](C)NC(=O)CNC(=O)CCOCCOCCOCCOCCOCCOCCOCCOCCNC(=O)CCN5C(=O)C=CC5=O)cc4)C[C@H]1C=N3)N=CC1CC(c3ccc(N4CCN(C)CC4)cc3)=CN1C2=O. The van der Waals surface area contributed by atoms with Crippen LogP contribution >= 0.6 is 0 Å². The maximum Gasteiger partial charge on any atom is 0.260 e. The average Bonchev–Trinajstić information content (AvgIpc) is 1.64. The van der Waals surface area contributed by atoms with E-state index in [1.165, 1.54) is 24.9 Å². The number of hydrogen-bond donors (Lipinski definition) is 4. The van der Waals surface area contributed by atoms with E-state index in [4.69, 9.17) is 66.8 Å². The molecule has 31 heteroatoms. The molecule has 6 heterocycles. The molecular weight excluding hydrogens is 1420 g/mol. The number of carbonyl (C=O) groups is 8. The van der Waals surface area contributed by atoms with Gasteiger partial charge >= 0.3 is 0 Å². The second kappa shape index (κ2) is 43.4. The van der Waals surface area contributed by atoms with E-state index in [9.17, 15) is 38.4 Å². The Morgan fingerprint density at radius 3 is 1.42 bits per heavy atom. The molecule has 0 bridgehead atoms. The lowest BCUT2D eigenvalue weighted by molar-refractivity contribution is -0.137. The highest BCUT2D eigenvalue weighted by Crippen LogP contribution is 2.42. The van der Waals surface area contributed by atoms with Crippen LogP contribution in [0.3, 0.4) is 0 Å². The number of nitrogens with one attached hydrogen (secondary N) is 4. The number of imide groups is 1. The fourth-order valence-corrected chi connectivity index (χ4v) is 12.5. The van der Waals surface area contributed by atoms with E-state index in [1.807, 2.05) is 30.7 Å². The van der Waals surface area contributed by atoms with Crippen LogP contribution < -0.4 is 45.1 Å². The first-order valence-electron chi connectivity index (χ1n) is 37.4. The van der Waals surface area contributed by atoms with Crippen LogP contribution in [0, 0.1) is 0 Å².